The summed E-state index contributed by atoms with van der Waals surface area (Å²) in [6.07, 6.45) is -2.37. The smallest absolute Gasteiger partial charge is 0.253 e. The Balaban J connectivity index is 2.69. The normalized spacial score (nSPS) is 15.3. The molecule has 1 rings (SSSR count). The Bertz CT molecular complexity index is 317. The number of alkyl halides is 2. The van der Waals surface area contributed by atoms with Gasteiger partial charge >= 0.3 is 0 Å². The maximum absolute atomic E-state index is 12.3. The van der Waals surface area contributed by atoms with Gasteiger partial charge in [0.15, 0.2) is 0 Å². The highest BCUT2D eigenvalue weighted by molar-refractivity contribution is 6.31. The molecule has 1 aromatic rings. The fraction of sp³-hybridized carbons (Fsp3) is 0.455. The Kier molecular flexibility index (Phi) is 4.48. The monoisotopic (exact) mass is 233 g/mol. The van der Waals surface area contributed by atoms with Crippen LogP contribution in [0.25, 0.3) is 0 Å². The minimum atomic E-state index is -2.37. The fourth-order valence-corrected chi connectivity index (χ4v) is 1.68. The summed E-state index contributed by atoms with van der Waals surface area (Å²) in [6, 6.07) is 6.22. The van der Waals surface area contributed by atoms with Gasteiger partial charge in [0, 0.05) is 11.1 Å². The molecule has 4 heteroatoms. The van der Waals surface area contributed by atoms with E-state index in [9.17, 15) is 8.78 Å². The third-order valence-corrected chi connectivity index (χ3v) is 2.61. The van der Waals surface area contributed by atoms with Gasteiger partial charge in [0.25, 0.3) is 6.43 Å². The molecule has 1 unspecified atom stereocenters. The topological polar surface area (TPSA) is 12.0 Å². The molecule has 0 aliphatic rings. The van der Waals surface area contributed by atoms with Crippen LogP contribution in [0.5, 0.6) is 0 Å². The van der Waals surface area contributed by atoms with Crippen molar-refractivity contribution in [2.75, 3.05) is 0 Å². The standard InChI is InChI=1S/C11H14ClF2N/c1-7(15-8(2)11(13)14)9-5-3-4-6-10(9)12/h3-8,11,15H,1-2H3/t7-,8?/m1/s1. The van der Waals surface area contributed by atoms with Gasteiger partial charge in [0.1, 0.15) is 0 Å². The zero-order valence-corrected chi connectivity index (χ0v) is 9.43. The van der Waals surface area contributed by atoms with Crippen molar-refractivity contribution >= 4 is 11.6 Å². The molecule has 0 radical (unpaired) electrons. The third-order valence-electron chi connectivity index (χ3n) is 2.26. The Morgan fingerprint density at radius 2 is 1.80 bits per heavy atom. The first-order valence-electron chi connectivity index (χ1n) is 4.81. The molecule has 0 spiro atoms. The molecule has 0 bridgehead atoms. The first-order valence-corrected chi connectivity index (χ1v) is 5.18. The van der Waals surface area contributed by atoms with Crippen LogP contribution < -0.4 is 5.32 Å². The molecular formula is C11H14ClF2N. The van der Waals surface area contributed by atoms with Gasteiger partial charge in [0.2, 0.25) is 0 Å². The van der Waals surface area contributed by atoms with Crippen LogP contribution in [0.15, 0.2) is 24.3 Å². The molecule has 15 heavy (non-hydrogen) atoms. The van der Waals surface area contributed by atoms with Crippen LogP contribution in [0, 0.1) is 0 Å². The van der Waals surface area contributed by atoms with Gasteiger partial charge < -0.3 is 5.32 Å². The lowest BCUT2D eigenvalue weighted by atomic mass is 10.1. The quantitative estimate of drug-likeness (QED) is 0.837. The van der Waals surface area contributed by atoms with Crippen molar-refractivity contribution in [2.45, 2.75) is 32.4 Å². The molecule has 1 nitrogen and oxygen atoms in total. The molecule has 0 fully saturated rings. The predicted molar refractivity (Wildman–Crippen MR) is 58.5 cm³/mol. The van der Waals surface area contributed by atoms with Crippen LogP contribution >= 0.6 is 11.6 Å². The van der Waals surface area contributed by atoms with E-state index in [2.05, 4.69) is 5.32 Å². The van der Waals surface area contributed by atoms with Crippen molar-refractivity contribution in [3.8, 4) is 0 Å². The Morgan fingerprint density at radius 1 is 1.20 bits per heavy atom. The molecule has 0 heterocycles. The lowest BCUT2D eigenvalue weighted by molar-refractivity contribution is 0.101. The van der Waals surface area contributed by atoms with Crippen molar-refractivity contribution < 1.29 is 8.78 Å². The summed E-state index contributed by atoms with van der Waals surface area (Å²) in [7, 11) is 0. The summed E-state index contributed by atoms with van der Waals surface area (Å²) in [4.78, 5) is 0. The maximum atomic E-state index is 12.3. The van der Waals surface area contributed by atoms with Gasteiger partial charge in [-0.2, -0.15) is 0 Å². The number of hydrogen-bond acceptors (Lipinski definition) is 1. The van der Waals surface area contributed by atoms with Gasteiger partial charge in [-0.05, 0) is 25.5 Å². The lowest BCUT2D eigenvalue weighted by Gasteiger charge is -2.20. The molecule has 84 valence electrons. The second-order valence-corrected chi connectivity index (χ2v) is 3.94. The fourth-order valence-electron chi connectivity index (χ4n) is 1.38. The number of halogens is 3. The van der Waals surface area contributed by atoms with Crippen molar-refractivity contribution in [3.05, 3.63) is 34.9 Å². The van der Waals surface area contributed by atoms with Crippen molar-refractivity contribution in [2.24, 2.45) is 0 Å². The maximum Gasteiger partial charge on any atom is 0.253 e. The van der Waals surface area contributed by atoms with Gasteiger partial charge in [-0.15, -0.1) is 0 Å². The molecular weight excluding hydrogens is 220 g/mol. The van der Waals surface area contributed by atoms with E-state index in [0.717, 1.165) is 5.56 Å². The van der Waals surface area contributed by atoms with Crippen molar-refractivity contribution in [1.29, 1.82) is 0 Å². The summed E-state index contributed by atoms with van der Waals surface area (Å²) in [5, 5.41) is 3.40. The molecule has 1 N–H and O–H groups in total. The second-order valence-electron chi connectivity index (χ2n) is 3.53. The molecule has 0 saturated heterocycles. The Hall–Kier alpha value is -0.670. The van der Waals surface area contributed by atoms with E-state index in [4.69, 9.17) is 11.6 Å². The van der Waals surface area contributed by atoms with E-state index in [1.165, 1.54) is 6.92 Å². The first-order chi connectivity index (χ1) is 7.02. The number of nitrogens with one attached hydrogen (secondary N) is 1. The van der Waals surface area contributed by atoms with Gasteiger partial charge in [0.05, 0.1) is 6.04 Å². The molecule has 0 amide bonds. The highest BCUT2D eigenvalue weighted by Crippen LogP contribution is 2.22. The Labute approximate surface area is 93.4 Å². The van der Waals surface area contributed by atoms with Crippen LogP contribution in [0.3, 0.4) is 0 Å². The minimum Gasteiger partial charge on any atom is -0.302 e. The van der Waals surface area contributed by atoms with Crippen LogP contribution in [-0.4, -0.2) is 12.5 Å². The second kappa shape index (κ2) is 5.42. The van der Waals surface area contributed by atoms with Gasteiger partial charge in [-0.1, -0.05) is 29.8 Å². The summed E-state index contributed by atoms with van der Waals surface area (Å²) < 4.78 is 24.6. The van der Waals surface area contributed by atoms with Gasteiger partial charge in [-0.3, -0.25) is 0 Å². The number of hydrogen-bond donors (Lipinski definition) is 1. The number of rotatable bonds is 4. The van der Waals surface area contributed by atoms with E-state index in [1.807, 2.05) is 25.1 Å². The number of benzene rings is 1. The highest BCUT2D eigenvalue weighted by atomic mass is 35.5. The van der Waals surface area contributed by atoms with Crippen LogP contribution in [0.4, 0.5) is 8.78 Å². The van der Waals surface area contributed by atoms with Crippen LogP contribution in [0.1, 0.15) is 25.5 Å². The Morgan fingerprint density at radius 3 is 2.33 bits per heavy atom. The predicted octanol–water partition coefficient (Wildman–Crippen LogP) is 3.64. The summed E-state index contributed by atoms with van der Waals surface area (Å²) in [5.41, 5.74) is 0.840. The van der Waals surface area contributed by atoms with Crippen molar-refractivity contribution in [3.63, 3.8) is 0 Å². The van der Waals surface area contributed by atoms with Crippen molar-refractivity contribution in [1.82, 2.24) is 5.32 Å². The van der Waals surface area contributed by atoms with E-state index in [-0.39, 0.29) is 6.04 Å². The average Bonchev–Trinajstić information content (AvgIpc) is 2.18. The zero-order valence-electron chi connectivity index (χ0n) is 8.68. The third kappa shape index (κ3) is 3.43. The minimum absolute atomic E-state index is 0.178. The lowest BCUT2D eigenvalue weighted by Crippen LogP contribution is -2.34. The average molecular weight is 234 g/mol. The molecule has 2 atom stereocenters. The van der Waals surface area contributed by atoms with Crippen LogP contribution in [0.2, 0.25) is 5.02 Å². The summed E-state index contributed by atoms with van der Waals surface area (Å²) in [5.74, 6) is 0. The molecule has 0 aromatic heterocycles. The zero-order chi connectivity index (χ0) is 11.4. The molecule has 0 aliphatic carbocycles. The van der Waals surface area contributed by atoms with Crippen LogP contribution in [-0.2, 0) is 0 Å². The summed E-state index contributed by atoms with van der Waals surface area (Å²) >= 11 is 5.95. The van der Waals surface area contributed by atoms with E-state index in [1.54, 1.807) is 6.07 Å². The largest absolute Gasteiger partial charge is 0.302 e. The van der Waals surface area contributed by atoms with E-state index in [0.29, 0.717) is 5.02 Å². The molecule has 1 aromatic carbocycles. The van der Waals surface area contributed by atoms with E-state index < -0.39 is 12.5 Å². The molecule has 0 saturated carbocycles. The molecule has 0 aliphatic heterocycles. The summed E-state index contributed by atoms with van der Waals surface area (Å²) in [6.45, 7) is 3.28. The SMILES string of the molecule is CC(N[C@H](C)c1ccccc1Cl)C(F)F. The van der Waals surface area contributed by atoms with E-state index >= 15 is 0 Å². The first kappa shape index (κ1) is 12.4. The van der Waals surface area contributed by atoms with Gasteiger partial charge in [-0.25, -0.2) is 8.78 Å². The highest BCUT2D eigenvalue weighted by Gasteiger charge is 2.18.